The second-order valence-electron chi connectivity index (χ2n) is 11.1. The normalized spacial score (nSPS) is 47.2. The maximum Gasteiger partial charge on any atom is 0.303 e. The third-order valence-electron chi connectivity index (χ3n) is 9.83. The van der Waals surface area contributed by atoms with Crippen LogP contribution in [-0.4, -0.2) is 52.8 Å². The van der Waals surface area contributed by atoms with E-state index in [1.807, 2.05) is 6.08 Å². The van der Waals surface area contributed by atoms with Gasteiger partial charge in [0.05, 0.1) is 6.10 Å². The number of hydrogen-bond acceptors (Lipinski definition) is 7. The minimum absolute atomic E-state index is 0.00646. The van der Waals surface area contributed by atoms with Crippen LogP contribution in [0.4, 0.5) is 0 Å². The number of ketones is 1. The Balaban J connectivity index is 1.49. The molecule has 4 fully saturated rings. The van der Waals surface area contributed by atoms with Gasteiger partial charge in [0.1, 0.15) is 17.8 Å². The Hall–Kier alpha value is -1.73. The van der Waals surface area contributed by atoms with Crippen molar-refractivity contribution in [3.05, 3.63) is 11.6 Å². The van der Waals surface area contributed by atoms with Crippen LogP contribution in [0, 0.1) is 22.7 Å². The Labute approximate surface area is 188 Å². The number of hydrogen-bond donors (Lipinski definition) is 1. The minimum Gasteiger partial charge on any atom is -0.462 e. The molecule has 0 bridgehead atoms. The van der Waals surface area contributed by atoms with Crippen molar-refractivity contribution in [3.63, 3.8) is 0 Å². The van der Waals surface area contributed by atoms with Gasteiger partial charge in [0.2, 0.25) is 0 Å². The standard InChI is InChI=1S/C25H34O7/c1-14(26)30-13-21(31-15(2)27)24(29)10-8-18-19-6-5-16-11-17(28)7-9-22(16,3)25(19)20(32-25)12-23(18,24)4/h11,18-21,29H,5-10,12-13H2,1-4H3/t18?,19-,20-,21?,22-,23-,24-,25+/m1/s1. The van der Waals surface area contributed by atoms with Gasteiger partial charge in [-0.2, -0.15) is 0 Å². The van der Waals surface area contributed by atoms with Crippen LogP contribution < -0.4 is 0 Å². The van der Waals surface area contributed by atoms with Crippen molar-refractivity contribution in [1.82, 2.24) is 0 Å². The van der Waals surface area contributed by atoms with E-state index in [1.54, 1.807) is 0 Å². The lowest BCUT2D eigenvalue weighted by Gasteiger charge is -2.57. The maximum absolute atomic E-state index is 12.1. The topological polar surface area (TPSA) is 102 Å². The number of carbonyl (C=O) groups is 3. The van der Waals surface area contributed by atoms with Crippen LogP contribution in [0.1, 0.15) is 72.6 Å². The zero-order valence-corrected chi connectivity index (χ0v) is 19.4. The SMILES string of the molecule is CC(=O)OCC(OC(C)=O)[C@]1(O)CCC2[C@H]3CCC4=CC(=O)CC[C@@]4(C)[C@]34O[C@@H]4C[C@]21C. The number of epoxide rings is 1. The molecular formula is C25H34O7. The number of aliphatic hydroxyl groups is 1. The summed E-state index contributed by atoms with van der Waals surface area (Å²) >= 11 is 0. The van der Waals surface area contributed by atoms with Crippen LogP contribution in [0.25, 0.3) is 0 Å². The zero-order valence-electron chi connectivity index (χ0n) is 19.4. The van der Waals surface area contributed by atoms with Crippen molar-refractivity contribution < 1.29 is 33.7 Å². The number of fused-ring (bicyclic) bond motifs is 3. The van der Waals surface area contributed by atoms with Crippen molar-refractivity contribution in [2.75, 3.05) is 6.61 Å². The first-order valence-electron chi connectivity index (χ1n) is 11.9. The second kappa shape index (κ2) is 6.89. The Kier molecular flexibility index (Phi) is 4.75. The molecule has 0 radical (unpaired) electrons. The molecule has 1 spiro atoms. The van der Waals surface area contributed by atoms with Gasteiger partial charge in [0.15, 0.2) is 11.9 Å². The van der Waals surface area contributed by atoms with Gasteiger partial charge in [0.25, 0.3) is 0 Å². The molecule has 5 rings (SSSR count). The molecule has 0 aromatic carbocycles. The first-order chi connectivity index (χ1) is 15.0. The van der Waals surface area contributed by atoms with Gasteiger partial charge in [-0.25, -0.2) is 0 Å². The molecule has 8 atom stereocenters. The molecule has 176 valence electrons. The van der Waals surface area contributed by atoms with Gasteiger partial charge >= 0.3 is 11.9 Å². The molecular weight excluding hydrogens is 412 g/mol. The maximum atomic E-state index is 12.1. The molecule has 7 nitrogen and oxygen atoms in total. The summed E-state index contributed by atoms with van der Waals surface area (Å²) in [6.07, 6.45) is 6.13. The van der Waals surface area contributed by atoms with Gasteiger partial charge in [0, 0.05) is 31.1 Å². The van der Waals surface area contributed by atoms with Crippen LogP contribution in [-0.2, 0) is 28.6 Å². The number of rotatable bonds is 4. The van der Waals surface area contributed by atoms with E-state index in [0.717, 1.165) is 25.7 Å². The van der Waals surface area contributed by atoms with Gasteiger partial charge in [-0.05, 0) is 56.4 Å². The predicted molar refractivity (Wildman–Crippen MR) is 113 cm³/mol. The summed E-state index contributed by atoms with van der Waals surface area (Å²) in [6.45, 7) is 6.84. The third-order valence-corrected chi connectivity index (χ3v) is 9.83. The minimum atomic E-state index is -1.30. The van der Waals surface area contributed by atoms with E-state index in [4.69, 9.17) is 14.2 Å². The van der Waals surface area contributed by atoms with Crippen LogP contribution in [0.3, 0.4) is 0 Å². The first-order valence-corrected chi connectivity index (χ1v) is 11.9. The van der Waals surface area contributed by atoms with E-state index in [2.05, 4.69) is 13.8 Å². The predicted octanol–water partition coefficient (Wildman–Crippen LogP) is 2.88. The van der Waals surface area contributed by atoms with E-state index in [0.29, 0.717) is 19.3 Å². The van der Waals surface area contributed by atoms with E-state index in [-0.39, 0.29) is 41.3 Å². The molecule has 1 aliphatic heterocycles. The zero-order chi connectivity index (χ0) is 23.1. The Morgan fingerprint density at radius 1 is 1.16 bits per heavy atom. The lowest BCUT2D eigenvalue weighted by atomic mass is 9.46. The monoisotopic (exact) mass is 446 g/mol. The molecule has 1 N–H and O–H groups in total. The fourth-order valence-electron chi connectivity index (χ4n) is 8.25. The van der Waals surface area contributed by atoms with Crippen LogP contribution in [0.15, 0.2) is 11.6 Å². The Morgan fingerprint density at radius 2 is 1.91 bits per heavy atom. The number of carbonyl (C=O) groups excluding carboxylic acids is 3. The molecule has 1 heterocycles. The Bertz CT molecular complexity index is 910. The quantitative estimate of drug-likeness (QED) is 0.523. The average molecular weight is 447 g/mol. The molecule has 0 aromatic rings. The molecule has 7 heteroatoms. The third kappa shape index (κ3) is 2.70. The molecule has 1 saturated heterocycles. The molecule has 3 saturated carbocycles. The summed E-state index contributed by atoms with van der Waals surface area (Å²) in [4.78, 5) is 35.4. The average Bonchev–Trinajstić information content (AvgIpc) is 3.37. The second-order valence-corrected chi connectivity index (χ2v) is 11.1. The van der Waals surface area contributed by atoms with Crippen molar-refractivity contribution in [2.24, 2.45) is 22.7 Å². The Morgan fingerprint density at radius 3 is 2.59 bits per heavy atom. The van der Waals surface area contributed by atoms with Crippen molar-refractivity contribution in [3.8, 4) is 0 Å². The molecule has 0 aromatic heterocycles. The molecule has 0 amide bonds. The summed E-state index contributed by atoms with van der Waals surface area (Å²) in [5, 5.41) is 12.0. The highest BCUT2D eigenvalue weighted by Crippen LogP contribution is 2.76. The summed E-state index contributed by atoms with van der Waals surface area (Å²) in [6, 6.07) is 0. The van der Waals surface area contributed by atoms with Crippen LogP contribution in [0.2, 0.25) is 0 Å². The summed E-state index contributed by atoms with van der Waals surface area (Å²) in [7, 11) is 0. The lowest BCUT2D eigenvalue weighted by Crippen LogP contribution is -2.63. The fraction of sp³-hybridized carbons (Fsp3) is 0.800. The van der Waals surface area contributed by atoms with Crippen molar-refractivity contribution in [2.45, 2.75) is 96.1 Å². The highest BCUT2D eigenvalue weighted by molar-refractivity contribution is 5.91. The van der Waals surface area contributed by atoms with Crippen molar-refractivity contribution in [1.29, 1.82) is 0 Å². The van der Waals surface area contributed by atoms with Gasteiger partial charge in [-0.1, -0.05) is 19.4 Å². The smallest absolute Gasteiger partial charge is 0.303 e. The van der Waals surface area contributed by atoms with Crippen LogP contribution >= 0.6 is 0 Å². The highest BCUT2D eigenvalue weighted by atomic mass is 16.6. The summed E-state index contributed by atoms with van der Waals surface area (Å²) < 4.78 is 17.3. The van der Waals surface area contributed by atoms with Crippen molar-refractivity contribution >= 4 is 17.7 Å². The van der Waals surface area contributed by atoms with E-state index in [1.165, 1.54) is 19.4 Å². The summed E-state index contributed by atoms with van der Waals surface area (Å²) in [5.74, 6) is -0.262. The van der Waals surface area contributed by atoms with Gasteiger partial charge in [-0.15, -0.1) is 0 Å². The number of esters is 2. The van der Waals surface area contributed by atoms with E-state index < -0.39 is 29.1 Å². The van der Waals surface area contributed by atoms with E-state index in [9.17, 15) is 19.5 Å². The summed E-state index contributed by atoms with van der Waals surface area (Å²) in [5.41, 5.74) is -0.984. The van der Waals surface area contributed by atoms with E-state index >= 15 is 0 Å². The molecule has 4 aliphatic carbocycles. The largest absolute Gasteiger partial charge is 0.462 e. The van der Waals surface area contributed by atoms with Gasteiger partial charge in [-0.3, -0.25) is 14.4 Å². The van der Waals surface area contributed by atoms with Crippen LogP contribution in [0.5, 0.6) is 0 Å². The highest BCUT2D eigenvalue weighted by Gasteiger charge is 2.81. The lowest BCUT2D eigenvalue weighted by molar-refractivity contribution is -0.203. The number of ether oxygens (including phenoxy) is 3. The molecule has 5 aliphatic rings. The van der Waals surface area contributed by atoms with Gasteiger partial charge < -0.3 is 19.3 Å². The molecule has 32 heavy (non-hydrogen) atoms. The first kappa shape index (κ1) is 22.1. The fourth-order valence-corrected chi connectivity index (χ4v) is 8.25. The molecule has 2 unspecified atom stereocenters.